The highest BCUT2D eigenvalue weighted by molar-refractivity contribution is 5.92. The van der Waals surface area contributed by atoms with E-state index in [0.717, 1.165) is 38.3 Å². The molecule has 1 atom stereocenters. The minimum atomic E-state index is -0.749. The molecule has 7 nitrogen and oxygen atoms in total. The molecule has 140 valence electrons. The first-order valence-corrected chi connectivity index (χ1v) is 9.07. The minimum Gasteiger partial charge on any atom is -0.387 e. The summed E-state index contributed by atoms with van der Waals surface area (Å²) >= 11 is 0. The van der Waals surface area contributed by atoms with Crippen LogP contribution in [0.2, 0.25) is 0 Å². The highest BCUT2D eigenvalue weighted by Gasteiger charge is 2.19. The Hall–Kier alpha value is -2.22. The van der Waals surface area contributed by atoms with Crippen molar-refractivity contribution in [3.8, 4) is 0 Å². The number of carbonyl (C=O) groups is 1. The smallest absolute Gasteiger partial charge is 0.273 e. The Morgan fingerprint density at radius 1 is 1.23 bits per heavy atom. The molecule has 0 radical (unpaired) electrons. The van der Waals surface area contributed by atoms with Crippen LogP contribution in [0.1, 0.15) is 34.8 Å². The quantitative estimate of drug-likeness (QED) is 0.776. The molecule has 2 N–H and O–H groups in total. The van der Waals surface area contributed by atoms with Crippen LogP contribution in [0.25, 0.3) is 0 Å². The van der Waals surface area contributed by atoms with E-state index in [2.05, 4.69) is 27.2 Å². The van der Waals surface area contributed by atoms with Crippen LogP contribution in [0.3, 0.4) is 0 Å². The van der Waals surface area contributed by atoms with E-state index in [9.17, 15) is 9.90 Å². The molecule has 0 spiro atoms. The molecule has 0 unspecified atom stereocenters. The molecule has 7 heteroatoms. The third kappa shape index (κ3) is 4.91. The van der Waals surface area contributed by atoms with E-state index in [4.69, 9.17) is 4.52 Å². The molecule has 0 aliphatic carbocycles. The van der Waals surface area contributed by atoms with E-state index in [1.807, 2.05) is 30.3 Å². The number of aliphatic hydroxyl groups is 1. The van der Waals surface area contributed by atoms with E-state index in [1.54, 1.807) is 6.07 Å². The van der Waals surface area contributed by atoms with Crippen molar-refractivity contribution in [2.45, 2.75) is 19.6 Å². The molecular formula is C19H26N4O3. The standard InChI is InChI=1S/C19H26N4O3/c1-2-22-8-10-23(11-9-22)14-16-12-17(21-26-16)19(25)20-13-18(24)15-6-4-3-5-7-15/h3-7,12,18,24H,2,8-11,13-14H2,1H3,(H,20,25)/t18-/m0/s1. The van der Waals surface area contributed by atoms with Crippen molar-refractivity contribution in [3.05, 3.63) is 53.4 Å². The van der Waals surface area contributed by atoms with Crippen LogP contribution in [0.4, 0.5) is 0 Å². The van der Waals surface area contributed by atoms with Crippen LogP contribution in [0.15, 0.2) is 40.9 Å². The summed E-state index contributed by atoms with van der Waals surface area (Å²) in [5, 5.41) is 16.7. The Labute approximate surface area is 153 Å². The Balaban J connectivity index is 1.47. The van der Waals surface area contributed by atoms with Gasteiger partial charge in [0, 0.05) is 38.8 Å². The highest BCUT2D eigenvalue weighted by Crippen LogP contribution is 2.12. The van der Waals surface area contributed by atoms with E-state index in [-0.39, 0.29) is 18.1 Å². The van der Waals surface area contributed by atoms with Gasteiger partial charge < -0.3 is 19.8 Å². The lowest BCUT2D eigenvalue weighted by Crippen LogP contribution is -2.45. The molecule has 1 aromatic carbocycles. The number of aliphatic hydroxyl groups excluding tert-OH is 1. The number of likely N-dealkylation sites (N-methyl/N-ethyl adjacent to an activating group) is 1. The Morgan fingerprint density at radius 3 is 2.62 bits per heavy atom. The van der Waals surface area contributed by atoms with Crippen LogP contribution in [0, 0.1) is 0 Å². The number of piperazine rings is 1. The Bertz CT molecular complexity index is 696. The molecule has 1 amide bonds. The molecule has 0 saturated carbocycles. The second kappa shape index (κ2) is 8.93. The van der Waals surface area contributed by atoms with Crippen molar-refractivity contribution in [1.29, 1.82) is 0 Å². The predicted molar refractivity (Wildman–Crippen MR) is 97.6 cm³/mol. The van der Waals surface area contributed by atoms with Gasteiger partial charge in [-0.2, -0.15) is 0 Å². The van der Waals surface area contributed by atoms with Gasteiger partial charge in [-0.1, -0.05) is 42.4 Å². The van der Waals surface area contributed by atoms with Crippen molar-refractivity contribution < 1.29 is 14.4 Å². The summed E-state index contributed by atoms with van der Waals surface area (Å²) in [5.74, 6) is 0.342. The van der Waals surface area contributed by atoms with Crippen LogP contribution >= 0.6 is 0 Å². The van der Waals surface area contributed by atoms with Gasteiger partial charge in [-0.25, -0.2) is 0 Å². The fourth-order valence-corrected chi connectivity index (χ4v) is 3.05. The summed E-state index contributed by atoms with van der Waals surface area (Å²) in [6.45, 7) is 8.11. The average Bonchev–Trinajstić information content (AvgIpc) is 3.15. The fraction of sp³-hybridized carbons (Fsp3) is 0.474. The van der Waals surface area contributed by atoms with Gasteiger partial charge in [0.05, 0.1) is 12.6 Å². The molecule has 0 bridgehead atoms. The normalized spacial score (nSPS) is 17.2. The van der Waals surface area contributed by atoms with Gasteiger partial charge in [-0.15, -0.1) is 0 Å². The Morgan fingerprint density at radius 2 is 1.92 bits per heavy atom. The zero-order valence-corrected chi connectivity index (χ0v) is 15.1. The van der Waals surface area contributed by atoms with Crippen molar-refractivity contribution in [3.63, 3.8) is 0 Å². The molecule has 2 heterocycles. The number of hydrogen-bond donors (Lipinski definition) is 2. The first-order chi connectivity index (χ1) is 12.7. The number of nitrogens with zero attached hydrogens (tertiary/aromatic N) is 3. The van der Waals surface area contributed by atoms with E-state index >= 15 is 0 Å². The van der Waals surface area contributed by atoms with Gasteiger partial charge >= 0.3 is 0 Å². The van der Waals surface area contributed by atoms with Crippen molar-refractivity contribution in [2.75, 3.05) is 39.3 Å². The summed E-state index contributed by atoms with van der Waals surface area (Å²) in [6.07, 6.45) is -0.749. The molecule has 26 heavy (non-hydrogen) atoms. The molecular weight excluding hydrogens is 332 g/mol. The van der Waals surface area contributed by atoms with Gasteiger partial charge in [-0.3, -0.25) is 9.69 Å². The summed E-state index contributed by atoms with van der Waals surface area (Å²) in [7, 11) is 0. The van der Waals surface area contributed by atoms with Crippen molar-refractivity contribution in [2.24, 2.45) is 0 Å². The summed E-state index contributed by atoms with van der Waals surface area (Å²) < 4.78 is 5.30. The van der Waals surface area contributed by atoms with Crippen molar-refractivity contribution in [1.82, 2.24) is 20.3 Å². The van der Waals surface area contributed by atoms with E-state index in [1.165, 1.54) is 0 Å². The molecule has 2 aromatic rings. The molecule has 1 aromatic heterocycles. The summed E-state index contributed by atoms with van der Waals surface area (Å²) in [6, 6.07) is 10.9. The van der Waals surface area contributed by atoms with Gasteiger partial charge in [0.2, 0.25) is 0 Å². The maximum Gasteiger partial charge on any atom is 0.273 e. The third-order valence-electron chi connectivity index (χ3n) is 4.72. The monoisotopic (exact) mass is 358 g/mol. The lowest BCUT2D eigenvalue weighted by atomic mass is 10.1. The molecule has 1 aliphatic rings. The molecule has 1 fully saturated rings. The number of hydrogen-bond acceptors (Lipinski definition) is 6. The minimum absolute atomic E-state index is 0.129. The molecule has 1 aliphatic heterocycles. The van der Waals surface area contributed by atoms with E-state index in [0.29, 0.717) is 12.3 Å². The summed E-state index contributed by atoms with van der Waals surface area (Å²) in [4.78, 5) is 16.9. The number of amides is 1. The zero-order valence-electron chi connectivity index (χ0n) is 15.1. The number of carbonyl (C=O) groups excluding carboxylic acids is 1. The van der Waals surface area contributed by atoms with Crippen LogP contribution in [0.5, 0.6) is 0 Å². The fourth-order valence-electron chi connectivity index (χ4n) is 3.05. The average molecular weight is 358 g/mol. The summed E-state index contributed by atoms with van der Waals surface area (Å²) in [5.41, 5.74) is 1.01. The number of benzene rings is 1. The third-order valence-corrected chi connectivity index (χ3v) is 4.72. The predicted octanol–water partition coefficient (Wildman–Crippen LogP) is 1.28. The Kier molecular flexibility index (Phi) is 6.38. The maximum atomic E-state index is 12.2. The largest absolute Gasteiger partial charge is 0.387 e. The maximum absolute atomic E-state index is 12.2. The van der Waals surface area contributed by atoms with Gasteiger partial charge in [-0.05, 0) is 12.1 Å². The number of rotatable bonds is 7. The topological polar surface area (TPSA) is 81.8 Å². The van der Waals surface area contributed by atoms with E-state index < -0.39 is 6.10 Å². The molecule has 3 rings (SSSR count). The van der Waals surface area contributed by atoms with Crippen LogP contribution in [-0.2, 0) is 6.54 Å². The second-order valence-corrected chi connectivity index (χ2v) is 6.53. The zero-order chi connectivity index (χ0) is 18.4. The number of aromatic nitrogens is 1. The van der Waals surface area contributed by atoms with Gasteiger partial charge in [0.25, 0.3) is 5.91 Å². The highest BCUT2D eigenvalue weighted by atomic mass is 16.5. The lowest BCUT2D eigenvalue weighted by molar-refractivity contribution is 0.0907. The number of nitrogens with one attached hydrogen (secondary N) is 1. The lowest BCUT2D eigenvalue weighted by Gasteiger charge is -2.33. The first kappa shape index (κ1) is 18.6. The van der Waals surface area contributed by atoms with Gasteiger partial charge in [0.1, 0.15) is 0 Å². The van der Waals surface area contributed by atoms with Crippen LogP contribution in [-0.4, -0.2) is 65.2 Å². The first-order valence-electron chi connectivity index (χ1n) is 9.07. The second-order valence-electron chi connectivity index (χ2n) is 6.53. The van der Waals surface area contributed by atoms with Gasteiger partial charge in [0.15, 0.2) is 11.5 Å². The molecule has 1 saturated heterocycles. The van der Waals surface area contributed by atoms with Crippen LogP contribution < -0.4 is 5.32 Å². The SMILES string of the molecule is CCN1CCN(Cc2cc(C(=O)NC[C@H](O)c3ccccc3)no2)CC1. The van der Waals surface area contributed by atoms with Crippen molar-refractivity contribution >= 4 is 5.91 Å².